The summed E-state index contributed by atoms with van der Waals surface area (Å²) in [6, 6.07) is 14.1. The number of nitrogens with one attached hydrogen (secondary N) is 1. The maximum atomic E-state index is 13.5. The molecule has 0 bridgehead atoms. The van der Waals surface area contributed by atoms with E-state index in [0.717, 1.165) is 22.0 Å². The van der Waals surface area contributed by atoms with Gasteiger partial charge in [0, 0.05) is 5.38 Å². The van der Waals surface area contributed by atoms with Gasteiger partial charge in [0.1, 0.15) is 6.61 Å². The molecule has 1 N–H and O–H groups in total. The van der Waals surface area contributed by atoms with Crippen LogP contribution in [0.5, 0.6) is 5.75 Å². The third-order valence-electron chi connectivity index (χ3n) is 3.17. The van der Waals surface area contributed by atoms with E-state index < -0.39 is 0 Å². The number of aryl methyl sites for hydroxylation is 1. The Kier molecular flexibility index (Phi) is 5.18. The molecule has 2 aromatic carbocycles. The van der Waals surface area contributed by atoms with E-state index in [1.54, 1.807) is 24.4 Å². The number of thiazole rings is 1. The molecule has 122 valence electrons. The van der Waals surface area contributed by atoms with Crippen LogP contribution in [-0.2, 0) is 6.61 Å². The smallest absolute Gasteiger partial charge is 0.203 e. The fraction of sp³-hybridized carbons (Fsp3) is 0.111. The number of ether oxygens (including phenoxy) is 1. The number of para-hydroxylation sites is 1. The summed E-state index contributed by atoms with van der Waals surface area (Å²) < 4.78 is 19.1. The summed E-state index contributed by atoms with van der Waals surface area (Å²) >= 11 is 1.50. The summed E-state index contributed by atoms with van der Waals surface area (Å²) in [5, 5.41) is 6.88. The number of hydrogen-bond donors (Lipinski definition) is 1. The number of anilines is 1. The van der Waals surface area contributed by atoms with Gasteiger partial charge in [0.25, 0.3) is 0 Å². The Morgan fingerprint density at radius 2 is 2.12 bits per heavy atom. The Bertz CT molecular complexity index is 848. The lowest BCUT2D eigenvalue weighted by molar-refractivity contribution is 0.290. The average molecular weight is 341 g/mol. The topological polar surface area (TPSA) is 46.5 Å². The van der Waals surface area contributed by atoms with Gasteiger partial charge < -0.3 is 4.74 Å². The Morgan fingerprint density at radius 3 is 2.92 bits per heavy atom. The van der Waals surface area contributed by atoms with Gasteiger partial charge >= 0.3 is 0 Å². The van der Waals surface area contributed by atoms with Crippen molar-refractivity contribution in [3.05, 3.63) is 76.5 Å². The van der Waals surface area contributed by atoms with Gasteiger partial charge in [0.05, 0.1) is 11.9 Å². The van der Waals surface area contributed by atoms with Crippen LogP contribution >= 0.6 is 11.3 Å². The predicted molar refractivity (Wildman–Crippen MR) is 95.2 cm³/mol. The highest BCUT2D eigenvalue weighted by atomic mass is 32.1. The summed E-state index contributed by atoms with van der Waals surface area (Å²) in [4.78, 5) is 4.27. The third-order valence-corrected chi connectivity index (χ3v) is 4.04. The Labute approximate surface area is 143 Å². The lowest BCUT2D eigenvalue weighted by atomic mass is 10.1. The second-order valence-electron chi connectivity index (χ2n) is 5.13. The van der Waals surface area contributed by atoms with Crippen molar-refractivity contribution >= 4 is 22.7 Å². The standard InChI is InChI=1S/C18H16FN3OS/c1-13-12-24-18(21-13)22-20-10-14-5-4-6-15(9-14)11-23-17-8-3-2-7-16(17)19/h2-10,12H,11H2,1H3,(H,21,22). The molecule has 0 saturated carbocycles. The highest BCUT2D eigenvalue weighted by Gasteiger charge is 2.02. The van der Waals surface area contributed by atoms with Crippen LogP contribution < -0.4 is 10.2 Å². The van der Waals surface area contributed by atoms with Crippen molar-refractivity contribution in [1.29, 1.82) is 0 Å². The minimum Gasteiger partial charge on any atom is -0.486 e. The first-order valence-corrected chi connectivity index (χ1v) is 8.26. The van der Waals surface area contributed by atoms with Gasteiger partial charge in [0.2, 0.25) is 5.13 Å². The number of halogens is 1. The van der Waals surface area contributed by atoms with Crippen LogP contribution in [0, 0.1) is 12.7 Å². The molecule has 3 rings (SSSR count). The van der Waals surface area contributed by atoms with Gasteiger partial charge in [-0.2, -0.15) is 5.10 Å². The molecule has 0 unspecified atom stereocenters. The second kappa shape index (κ2) is 7.70. The van der Waals surface area contributed by atoms with Gasteiger partial charge in [-0.1, -0.05) is 30.3 Å². The van der Waals surface area contributed by atoms with Crippen LogP contribution in [-0.4, -0.2) is 11.2 Å². The van der Waals surface area contributed by atoms with E-state index in [1.807, 2.05) is 36.6 Å². The van der Waals surface area contributed by atoms with Crippen molar-refractivity contribution in [3.8, 4) is 5.75 Å². The monoisotopic (exact) mass is 341 g/mol. The van der Waals surface area contributed by atoms with Crippen LogP contribution in [0.4, 0.5) is 9.52 Å². The maximum absolute atomic E-state index is 13.5. The fourth-order valence-electron chi connectivity index (χ4n) is 2.05. The van der Waals surface area contributed by atoms with Crippen molar-refractivity contribution in [1.82, 2.24) is 4.98 Å². The molecule has 0 spiro atoms. The minimum absolute atomic E-state index is 0.248. The summed E-state index contributed by atoms with van der Waals surface area (Å²) in [6.07, 6.45) is 1.71. The number of nitrogens with zero attached hydrogens (tertiary/aromatic N) is 2. The largest absolute Gasteiger partial charge is 0.486 e. The SMILES string of the molecule is Cc1csc(NN=Cc2cccc(COc3ccccc3F)c2)n1. The molecule has 4 nitrogen and oxygen atoms in total. The van der Waals surface area contributed by atoms with Gasteiger partial charge in [-0.25, -0.2) is 9.37 Å². The number of aromatic nitrogens is 1. The molecule has 0 fully saturated rings. The molecule has 0 amide bonds. The first-order chi connectivity index (χ1) is 11.7. The Hall–Kier alpha value is -2.73. The summed E-state index contributed by atoms with van der Waals surface area (Å²) in [5.74, 6) is -0.115. The van der Waals surface area contributed by atoms with Crippen LogP contribution in [0.25, 0.3) is 0 Å². The Balaban J connectivity index is 1.60. The molecular formula is C18H16FN3OS. The number of benzene rings is 2. The van der Waals surface area contributed by atoms with E-state index in [1.165, 1.54) is 17.4 Å². The van der Waals surface area contributed by atoms with E-state index >= 15 is 0 Å². The quantitative estimate of drug-likeness (QED) is 0.526. The number of hydrogen-bond acceptors (Lipinski definition) is 5. The average Bonchev–Trinajstić information content (AvgIpc) is 3.00. The summed E-state index contributed by atoms with van der Waals surface area (Å²) in [7, 11) is 0. The van der Waals surface area contributed by atoms with Crippen LogP contribution in [0.2, 0.25) is 0 Å². The van der Waals surface area contributed by atoms with Gasteiger partial charge in [0.15, 0.2) is 11.6 Å². The molecule has 1 aromatic heterocycles. The van der Waals surface area contributed by atoms with Gasteiger partial charge in [-0.05, 0) is 36.2 Å². The minimum atomic E-state index is -0.363. The third kappa shape index (κ3) is 4.39. The molecule has 3 aromatic rings. The molecule has 0 aliphatic rings. The van der Waals surface area contributed by atoms with Crippen molar-refractivity contribution in [3.63, 3.8) is 0 Å². The van der Waals surface area contributed by atoms with E-state index in [0.29, 0.717) is 6.61 Å². The number of hydrazone groups is 1. The molecule has 0 aliphatic heterocycles. The van der Waals surface area contributed by atoms with Gasteiger partial charge in [-0.15, -0.1) is 11.3 Å². The van der Waals surface area contributed by atoms with E-state index in [2.05, 4.69) is 15.5 Å². The molecule has 0 radical (unpaired) electrons. The van der Waals surface area contributed by atoms with Crippen molar-refractivity contribution < 1.29 is 9.13 Å². The van der Waals surface area contributed by atoms with Crippen LogP contribution in [0.1, 0.15) is 16.8 Å². The van der Waals surface area contributed by atoms with Crippen LogP contribution in [0.15, 0.2) is 59.0 Å². The summed E-state index contributed by atoms with van der Waals surface area (Å²) in [6.45, 7) is 2.23. The second-order valence-corrected chi connectivity index (χ2v) is 5.99. The normalized spacial score (nSPS) is 10.9. The van der Waals surface area contributed by atoms with Crippen molar-refractivity contribution in [2.75, 3.05) is 5.43 Å². The summed E-state index contributed by atoms with van der Waals surface area (Å²) in [5.41, 5.74) is 5.72. The first-order valence-electron chi connectivity index (χ1n) is 7.38. The fourth-order valence-corrected chi connectivity index (χ4v) is 2.69. The zero-order chi connectivity index (χ0) is 16.8. The zero-order valence-electron chi connectivity index (χ0n) is 13.1. The highest BCUT2D eigenvalue weighted by Crippen LogP contribution is 2.17. The van der Waals surface area contributed by atoms with E-state index in [4.69, 9.17) is 4.74 Å². The lowest BCUT2D eigenvalue weighted by Gasteiger charge is -2.07. The van der Waals surface area contributed by atoms with E-state index in [-0.39, 0.29) is 11.6 Å². The van der Waals surface area contributed by atoms with E-state index in [9.17, 15) is 4.39 Å². The maximum Gasteiger partial charge on any atom is 0.203 e. The van der Waals surface area contributed by atoms with Crippen LogP contribution in [0.3, 0.4) is 0 Å². The first kappa shape index (κ1) is 16.1. The molecule has 0 saturated heterocycles. The molecule has 0 atom stereocenters. The lowest BCUT2D eigenvalue weighted by Crippen LogP contribution is -1.98. The molecule has 1 heterocycles. The molecular weight excluding hydrogens is 325 g/mol. The highest BCUT2D eigenvalue weighted by molar-refractivity contribution is 7.13. The van der Waals surface area contributed by atoms with Crippen molar-refractivity contribution in [2.24, 2.45) is 5.10 Å². The zero-order valence-corrected chi connectivity index (χ0v) is 13.9. The Morgan fingerprint density at radius 1 is 1.25 bits per heavy atom. The van der Waals surface area contributed by atoms with Gasteiger partial charge in [-0.3, -0.25) is 5.43 Å². The molecule has 24 heavy (non-hydrogen) atoms. The van der Waals surface area contributed by atoms with Crippen molar-refractivity contribution in [2.45, 2.75) is 13.5 Å². The number of rotatable bonds is 6. The molecule has 6 heteroatoms. The molecule has 0 aliphatic carbocycles. The predicted octanol–water partition coefficient (Wildman–Crippen LogP) is 4.62.